The number of aliphatic imine (C=N–C) groups is 1. The van der Waals surface area contributed by atoms with Gasteiger partial charge in [0, 0.05) is 32.5 Å². The molecule has 158 valence electrons. The number of para-hydroxylation sites is 1. The van der Waals surface area contributed by atoms with Crippen molar-refractivity contribution in [3.63, 3.8) is 0 Å². The molecule has 0 amide bonds. The fraction of sp³-hybridized carbons (Fsp3) is 0.304. The summed E-state index contributed by atoms with van der Waals surface area (Å²) in [7, 11) is 1.72. The number of nitrogens with one attached hydrogen (secondary N) is 2. The molecule has 1 aromatic heterocycles. The summed E-state index contributed by atoms with van der Waals surface area (Å²) in [6.07, 6.45) is 3.58. The van der Waals surface area contributed by atoms with Crippen molar-refractivity contribution in [2.45, 2.75) is 33.0 Å². The van der Waals surface area contributed by atoms with Crippen molar-refractivity contribution in [3.05, 3.63) is 83.7 Å². The molecule has 0 radical (unpaired) electrons. The Hall–Kier alpha value is -3.35. The van der Waals surface area contributed by atoms with Gasteiger partial charge in [0.25, 0.3) is 0 Å². The van der Waals surface area contributed by atoms with E-state index in [4.69, 9.17) is 4.74 Å². The number of aryl methyl sites for hydroxylation is 1. The molecule has 2 aromatic carbocycles. The third-order valence-electron chi connectivity index (χ3n) is 4.67. The molecule has 0 spiro atoms. The van der Waals surface area contributed by atoms with Gasteiger partial charge in [-0.15, -0.1) is 0 Å². The largest absolute Gasteiger partial charge is 0.486 e. The number of halogens is 1. The standard InChI is InChI=1S/C23H28FN5O/c1-17(30-22-10-5-4-9-21(22)24)14-27-23(25-3)28-15-19-7-6-8-20(13-19)16-29-12-11-26-18(29)2/h4-13,17H,14-16H2,1-3H3,(H2,25,27,28). The smallest absolute Gasteiger partial charge is 0.191 e. The molecule has 1 heterocycles. The first-order chi connectivity index (χ1) is 14.5. The summed E-state index contributed by atoms with van der Waals surface area (Å²) in [6.45, 7) is 5.80. The van der Waals surface area contributed by atoms with Gasteiger partial charge >= 0.3 is 0 Å². The SMILES string of the molecule is CN=C(NCc1cccc(Cn2ccnc2C)c1)NCC(C)Oc1ccccc1F. The predicted octanol–water partition coefficient (Wildman–Crippen LogP) is 3.51. The van der Waals surface area contributed by atoms with Crippen LogP contribution in [-0.2, 0) is 13.1 Å². The summed E-state index contributed by atoms with van der Waals surface area (Å²) >= 11 is 0. The molecule has 3 rings (SSSR count). The fourth-order valence-electron chi connectivity index (χ4n) is 3.05. The van der Waals surface area contributed by atoms with Crippen molar-refractivity contribution in [3.8, 4) is 5.75 Å². The summed E-state index contributed by atoms with van der Waals surface area (Å²) in [6, 6.07) is 14.8. The van der Waals surface area contributed by atoms with E-state index in [0.717, 1.165) is 17.9 Å². The first-order valence-corrected chi connectivity index (χ1v) is 9.96. The van der Waals surface area contributed by atoms with Gasteiger partial charge in [0.1, 0.15) is 11.9 Å². The minimum absolute atomic E-state index is 0.220. The Morgan fingerprint density at radius 3 is 2.70 bits per heavy atom. The second-order valence-electron chi connectivity index (χ2n) is 7.09. The van der Waals surface area contributed by atoms with E-state index in [1.165, 1.54) is 11.6 Å². The Kier molecular flexibility index (Phi) is 7.43. The molecule has 0 aliphatic heterocycles. The molecule has 7 heteroatoms. The van der Waals surface area contributed by atoms with Gasteiger partial charge in [0.05, 0.1) is 6.54 Å². The van der Waals surface area contributed by atoms with Crippen LogP contribution in [0.4, 0.5) is 4.39 Å². The lowest BCUT2D eigenvalue weighted by Crippen LogP contribution is -2.41. The van der Waals surface area contributed by atoms with Gasteiger partial charge in [-0.05, 0) is 37.1 Å². The molecule has 6 nitrogen and oxygen atoms in total. The van der Waals surface area contributed by atoms with E-state index < -0.39 is 0 Å². The molecule has 1 unspecified atom stereocenters. The summed E-state index contributed by atoms with van der Waals surface area (Å²) in [5, 5.41) is 6.52. The Balaban J connectivity index is 1.49. The highest BCUT2D eigenvalue weighted by Crippen LogP contribution is 2.16. The third kappa shape index (κ3) is 6.07. The van der Waals surface area contributed by atoms with Gasteiger partial charge in [-0.1, -0.05) is 36.4 Å². The van der Waals surface area contributed by atoms with E-state index in [0.29, 0.717) is 19.0 Å². The van der Waals surface area contributed by atoms with Crippen LogP contribution in [0, 0.1) is 12.7 Å². The van der Waals surface area contributed by atoms with Crippen LogP contribution in [0.3, 0.4) is 0 Å². The molecular weight excluding hydrogens is 381 g/mol. The van der Waals surface area contributed by atoms with Gasteiger partial charge in [-0.3, -0.25) is 4.99 Å². The number of imidazole rings is 1. The molecule has 30 heavy (non-hydrogen) atoms. The summed E-state index contributed by atoms with van der Waals surface area (Å²) < 4.78 is 21.5. The number of aromatic nitrogens is 2. The van der Waals surface area contributed by atoms with Crippen molar-refractivity contribution in [2.75, 3.05) is 13.6 Å². The van der Waals surface area contributed by atoms with E-state index in [2.05, 4.69) is 49.4 Å². The van der Waals surface area contributed by atoms with Crippen LogP contribution in [-0.4, -0.2) is 35.2 Å². The number of ether oxygens (including phenoxy) is 1. The Labute approximate surface area is 176 Å². The highest BCUT2D eigenvalue weighted by molar-refractivity contribution is 5.79. The Bertz CT molecular complexity index is 985. The van der Waals surface area contributed by atoms with Crippen LogP contribution in [0.1, 0.15) is 23.9 Å². The molecule has 0 aliphatic rings. The lowest BCUT2D eigenvalue weighted by Gasteiger charge is -2.18. The highest BCUT2D eigenvalue weighted by Gasteiger charge is 2.09. The monoisotopic (exact) mass is 409 g/mol. The second kappa shape index (κ2) is 10.4. The minimum Gasteiger partial charge on any atom is -0.486 e. The maximum absolute atomic E-state index is 13.7. The van der Waals surface area contributed by atoms with E-state index in [1.807, 2.05) is 26.2 Å². The van der Waals surface area contributed by atoms with E-state index in [9.17, 15) is 4.39 Å². The molecule has 0 fully saturated rings. The van der Waals surface area contributed by atoms with Gasteiger partial charge in [-0.2, -0.15) is 0 Å². The van der Waals surface area contributed by atoms with E-state index in [1.54, 1.807) is 25.2 Å². The molecule has 0 aliphatic carbocycles. The fourth-order valence-corrected chi connectivity index (χ4v) is 3.05. The molecule has 1 atom stereocenters. The lowest BCUT2D eigenvalue weighted by molar-refractivity contribution is 0.214. The zero-order valence-corrected chi connectivity index (χ0v) is 17.6. The van der Waals surface area contributed by atoms with Crippen LogP contribution in [0.5, 0.6) is 5.75 Å². The molecular formula is C23H28FN5O. The molecule has 2 N–H and O–H groups in total. The maximum atomic E-state index is 13.7. The number of guanidine groups is 1. The minimum atomic E-state index is -0.363. The number of hydrogen-bond donors (Lipinski definition) is 2. The molecule has 0 saturated carbocycles. The molecule has 0 saturated heterocycles. The zero-order chi connectivity index (χ0) is 21.3. The van der Waals surface area contributed by atoms with Crippen LogP contribution in [0.15, 0.2) is 65.9 Å². The van der Waals surface area contributed by atoms with E-state index in [-0.39, 0.29) is 17.7 Å². The van der Waals surface area contributed by atoms with Crippen LogP contribution in [0.25, 0.3) is 0 Å². The summed E-state index contributed by atoms with van der Waals surface area (Å²) in [4.78, 5) is 8.51. The van der Waals surface area contributed by atoms with Crippen molar-refractivity contribution in [1.29, 1.82) is 0 Å². The average molecular weight is 410 g/mol. The molecule has 3 aromatic rings. The van der Waals surface area contributed by atoms with Gasteiger partial charge in [0.15, 0.2) is 17.5 Å². The lowest BCUT2D eigenvalue weighted by atomic mass is 10.1. The molecule has 0 bridgehead atoms. The number of benzene rings is 2. The zero-order valence-electron chi connectivity index (χ0n) is 17.6. The normalized spacial score (nSPS) is 12.5. The average Bonchev–Trinajstić information content (AvgIpc) is 3.14. The maximum Gasteiger partial charge on any atom is 0.191 e. The first-order valence-electron chi connectivity index (χ1n) is 9.96. The van der Waals surface area contributed by atoms with Gasteiger partial charge in [-0.25, -0.2) is 9.37 Å². The third-order valence-corrected chi connectivity index (χ3v) is 4.67. The van der Waals surface area contributed by atoms with Gasteiger partial charge < -0.3 is 19.9 Å². The van der Waals surface area contributed by atoms with E-state index >= 15 is 0 Å². The summed E-state index contributed by atoms with van der Waals surface area (Å²) in [5.41, 5.74) is 2.37. The van der Waals surface area contributed by atoms with Crippen LogP contribution < -0.4 is 15.4 Å². The van der Waals surface area contributed by atoms with Crippen molar-refractivity contribution < 1.29 is 9.13 Å². The van der Waals surface area contributed by atoms with Crippen molar-refractivity contribution in [1.82, 2.24) is 20.2 Å². The van der Waals surface area contributed by atoms with Crippen LogP contribution >= 0.6 is 0 Å². The van der Waals surface area contributed by atoms with Crippen LogP contribution in [0.2, 0.25) is 0 Å². The Morgan fingerprint density at radius 1 is 1.17 bits per heavy atom. The van der Waals surface area contributed by atoms with Crippen molar-refractivity contribution in [2.24, 2.45) is 4.99 Å². The number of nitrogens with zero attached hydrogens (tertiary/aromatic N) is 3. The highest BCUT2D eigenvalue weighted by atomic mass is 19.1. The van der Waals surface area contributed by atoms with Crippen molar-refractivity contribution >= 4 is 5.96 Å². The topological polar surface area (TPSA) is 63.5 Å². The van der Waals surface area contributed by atoms with Gasteiger partial charge in [0.2, 0.25) is 0 Å². The quantitative estimate of drug-likeness (QED) is 0.441. The number of rotatable bonds is 8. The Morgan fingerprint density at radius 2 is 1.97 bits per heavy atom. The first kappa shape index (κ1) is 21.4. The predicted molar refractivity (Wildman–Crippen MR) is 117 cm³/mol. The second-order valence-corrected chi connectivity index (χ2v) is 7.09. The summed E-state index contributed by atoms with van der Waals surface area (Å²) in [5.74, 6) is 1.54. The number of hydrogen-bond acceptors (Lipinski definition) is 3.